The zero-order valence-corrected chi connectivity index (χ0v) is 13.5. The predicted octanol–water partition coefficient (Wildman–Crippen LogP) is 1.14. The summed E-state index contributed by atoms with van der Waals surface area (Å²) in [4.78, 5) is 25.5. The lowest BCUT2D eigenvalue weighted by molar-refractivity contribution is -0.117. The van der Waals surface area contributed by atoms with Crippen LogP contribution in [0, 0.1) is 0 Å². The summed E-state index contributed by atoms with van der Waals surface area (Å²) in [5, 5.41) is 5.49. The molecule has 1 aliphatic heterocycles. The van der Waals surface area contributed by atoms with Crippen LogP contribution in [-0.4, -0.2) is 51.4 Å². The van der Waals surface area contributed by atoms with Crippen LogP contribution in [-0.2, 0) is 9.53 Å². The summed E-state index contributed by atoms with van der Waals surface area (Å²) in [7, 11) is 1.57. The Morgan fingerprint density at radius 2 is 2.09 bits per heavy atom. The first-order valence-corrected chi connectivity index (χ1v) is 7.70. The Bertz CT molecular complexity index is 533. The third-order valence-electron chi connectivity index (χ3n) is 3.51. The second-order valence-electron chi connectivity index (χ2n) is 5.23. The maximum absolute atomic E-state index is 12.1. The molecule has 0 aliphatic carbocycles. The fourth-order valence-electron chi connectivity index (χ4n) is 2.45. The van der Waals surface area contributed by atoms with Crippen LogP contribution >= 0.6 is 0 Å². The number of anilines is 1. The van der Waals surface area contributed by atoms with E-state index in [0.29, 0.717) is 32.7 Å². The summed E-state index contributed by atoms with van der Waals surface area (Å²) in [6, 6.07) is 6.90. The van der Waals surface area contributed by atoms with Crippen LogP contribution in [0.5, 0.6) is 5.75 Å². The van der Waals surface area contributed by atoms with E-state index >= 15 is 0 Å². The molecule has 0 aromatic heterocycles. The Kier molecular flexibility index (Phi) is 6.22. The molecule has 1 aliphatic rings. The number of amides is 3. The van der Waals surface area contributed by atoms with Crippen LogP contribution in [0.15, 0.2) is 24.3 Å². The fourth-order valence-corrected chi connectivity index (χ4v) is 2.45. The zero-order chi connectivity index (χ0) is 16.7. The van der Waals surface area contributed by atoms with E-state index in [1.807, 2.05) is 31.2 Å². The van der Waals surface area contributed by atoms with Gasteiger partial charge in [0, 0.05) is 32.3 Å². The maximum Gasteiger partial charge on any atom is 0.315 e. The van der Waals surface area contributed by atoms with Crippen LogP contribution in [0.2, 0.25) is 0 Å². The fraction of sp³-hybridized carbons (Fsp3) is 0.500. The van der Waals surface area contributed by atoms with Gasteiger partial charge in [-0.25, -0.2) is 4.79 Å². The van der Waals surface area contributed by atoms with Crippen LogP contribution in [0.3, 0.4) is 0 Å². The lowest BCUT2D eigenvalue weighted by atomic mass is 10.2. The average Bonchev–Trinajstić information content (AvgIpc) is 2.89. The number of nitrogens with one attached hydrogen (secondary N) is 2. The quantitative estimate of drug-likeness (QED) is 0.738. The van der Waals surface area contributed by atoms with Gasteiger partial charge in [-0.2, -0.15) is 0 Å². The van der Waals surface area contributed by atoms with Crippen molar-refractivity contribution in [1.29, 1.82) is 0 Å². The van der Waals surface area contributed by atoms with E-state index in [9.17, 15) is 9.59 Å². The van der Waals surface area contributed by atoms with Crippen molar-refractivity contribution in [3.63, 3.8) is 0 Å². The van der Waals surface area contributed by atoms with E-state index in [0.717, 1.165) is 11.4 Å². The summed E-state index contributed by atoms with van der Waals surface area (Å²) in [6.07, 6.45) is 0.297. The van der Waals surface area contributed by atoms with Gasteiger partial charge in [0.15, 0.2) is 0 Å². The SMILES string of the molecule is CCOc1ccc(N2C[C@H](NC(=O)NCCOC)CC2=O)cc1. The van der Waals surface area contributed by atoms with Crippen LogP contribution in [0.1, 0.15) is 13.3 Å². The molecule has 1 fully saturated rings. The third kappa shape index (κ3) is 4.85. The molecule has 2 N–H and O–H groups in total. The maximum atomic E-state index is 12.1. The van der Waals surface area contributed by atoms with E-state index in [1.165, 1.54) is 0 Å². The van der Waals surface area contributed by atoms with Crippen molar-refractivity contribution in [2.24, 2.45) is 0 Å². The van der Waals surface area contributed by atoms with Gasteiger partial charge in [0.1, 0.15) is 5.75 Å². The number of methoxy groups -OCH3 is 1. The van der Waals surface area contributed by atoms with Gasteiger partial charge in [0.2, 0.25) is 5.91 Å². The summed E-state index contributed by atoms with van der Waals surface area (Å²) in [6.45, 7) is 3.88. The molecule has 2 rings (SSSR count). The molecule has 1 atom stereocenters. The minimum Gasteiger partial charge on any atom is -0.494 e. The Labute approximate surface area is 135 Å². The highest BCUT2D eigenvalue weighted by Crippen LogP contribution is 2.24. The Morgan fingerprint density at radius 1 is 1.35 bits per heavy atom. The predicted molar refractivity (Wildman–Crippen MR) is 86.8 cm³/mol. The van der Waals surface area contributed by atoms with Gasteiger partial charge in [-0.05, 0) is 31.2 Å². The second-order valence-corrected chi connectivity index (χ2v) is 5.23. The van der Waals surface area contributed by atoms with Crippen molar-refractivity contribution >= 4 is 17.6 Å². The molecule has 7 nitrogen and oxygen atoms in total. The molecule has 7 heteroatoms. The number of nitrogens with zero attached hydrogens (tertiary/aromatic N) is 1. The van der Waals surface area contributed by atoms with E-state index in [2.05, 4.69) is 10.6 Å². The van der Waals surface area contributed by atoms with Gasteiger partial charge in [0.05, 0.1) is 19.3 Å². The molecule has 0 saturated carbocycles. The molecule has 1 aromatic rings. The number of carbonyl (C=O) groups excluding carboxylic acids is 2. The minimum absolute atomic E-state index is 0.00338. The molecule has 126 valence electrons. The standard InChI is InChI=1S/C16H23N3O4/c1-3-23-14-6-4-13(5-7-14)19-11-12(10-15(19)20)18-16(21)17-8-9-22-2/h4-7,12H,3,8-11H2,1-2H3,(H2,17,18,21)/t12-/m1/s1. The van der Waals surface area contributed by atoms with Crippen LogP contribution in [0.25, 0.3) is 0 Å². The van der Waals surface area contributed by atoms with E-state index in [-0.39, 0.29) is 18.0 Å². The van der Waals surface area contributed by atoms with E-state index < -0.39 is 0 Å². The number of hydrogen-bond donors (Lipinski definition) is 2. The van der Waals surface area contributed by atoms with Crippen molar-refractivity contribution in [2.45, 2.75) is 19.4 Å². The average molecular weight is 321 g/mol. The van der Waals surface area contributed by atoms with Gasteiger partial charge < -0.3 is 25.0 Å². The molecule has 0 spiro atoms. The molecule has 1 aromatic carbocycles. The number of ether oxygens (including phenoxy) is 2. The van der Waals surface area contributed by atoms with Crippen LogP contribution in [0.4, 0.5) is 10.5 Å². The lowest BCUT2D eigenvalue weighted by Crippen LogP contribution is -2.44. The molecule has 0 unspecified atom stereocenters. The minimum atomic E-state index is -0.284. The normalized spacial score (nSPS) is 17.2. The first kappa shape index (κ1) is 17.1. The molecule has 3 amide bonds. The summed E-state index contributed by atoms with van der Waals surface area (Å²) >= 11 is 0. The zero-order valence-electron chi connectivity index (χ0n) is 13.5. The summed E-state index contributed by atoms with van der Waals surface area (Å²) < 4.78 is 10.3. The van der Waals surface area contributed by atoms with Gasteiger partial charge in [0.25, 0.3) is 0 Å². The highest BCUT2D eigenvalue weighted by Gasteiger charge is 2.31. The molecular formula is C16H23N3O4. The third-order valence-corrected chi connectivity index (χ3v) is 3.51. The van der Waals surface area contributed by atoms with Gasteiger partial charge in [-0.15, -0.1) is 0 Å². The summed E-state index contributed by atoms with van der Waals surface area (Å²) in [5.74, 6) is 0.770. The molecular weight excluding hydrogens is 298 g/mol. The van der Waals surface area contributed by atoms with E-state index in [4.69, 9.17) is 9.47 Å². The van der Waals surface area contributed by atoms with Crippen molar-refractivity contribution in [3.05, 3.63) is 24.3 Å². The number of carbonyl (C=O) groups is 2. The first-order chi connectivity index (χ1) is 11.1. The number of benzene rings is 1. The topological polar surface area (TPSA) is 79.9 Å². The number of urea groups is 1. The number of rotatable bonds is 7. The smallest absolute Gasteiger partial charge is 0.315 e. The highest BCUT2D eigenvalue weighted by molar-refractivity contribution is 5.96. The van der Waals surface area contributed by atoms with Gasteiger partial charge >= 0.3 is 6.03 Å². The largest absolute Gasteiger partial charge is 0.494 e. The summed E-state index contributed by atoms with van der Waals surface area (Å²) in [5.41, 5.74) is 0.808. The highest BCUT2D eigenvalue weighted by atomic mass is 16.5. The Morgan fingerprint density at radius 3 is 2.74 bits per heavy atom. The van der Waals surface area contributed by atoms with Crippen molar-refractivity contribution < 1.29 is 19.1 Å². The second kappa shape index (κ2) is 8.38. The van der Waals surface area contributed by atoms with Gasteiger partial charge in [-0.1, -0.05) is 0 Å². The van der Waals surface area contributed by atoms with Crippen molar-refractivity contribution in [1.82, 2.24) is 10.6 Å². The van der Waals surface area contributed by atoms with E-state index in [1.54, 1.807) is 12.0 Å². The molecule has 0 bridgehead atoms. The molecule has 0 radical (unpaired) electrons. The molecule has 1 heterocycles. The van der Waals surface area contributed by atoms with Crippen LogP contribution < -0.4 is 20.3 Å². The number of hydrogen-bond acceptors (Lipinski definition) is 4. The molecule has 1 saturated heterocycles. The first-order valence-electron chi connectivity index (χ1n) is 7.70. The Hall–Kier alpha value is -2.28. The van der Waals surface area contributed by atoms with Crippen molar-refractivity contribution in [3.8, 4) is 5.75 Å². The van der Waals surface area contributed by atoms with Gasteiger partial charge in [-0.3, -0.25) is 4.79 Å². The molecule has 23 heavy (non-hydrogen) atoms. The van der Waals surface area contributed by atoms with Crippen molar-refractivity contribution in [2.75, 3.05) is 38.3 Å². The Balaban J connectivity index is 1.88. The monoisotopic (exact) mass is 321 g/mol. The lowest BCUT2D eigenvalue weighted by Gasteiger charge is -2.18.